The third-order valence-electron chi connectivity index (χ3n) is 2.64. The molecule has 0 saturated carbocycles. The summed E-state index contributed by atoms with van der Waals surface area (Å²) in [4.78, 5) is 11.8. The van der Waals surface area contributed by atoms with Gasteiger partial charge in [-0.15, -0.1) is 0 Å². The van der Waals surface area contributed by atoms with Gasteiger partial charge in [-0.3, -0.25) is 4.79 Å². The number of carbonyl (C=O) groups is 1. The van der Waals surface area contributed by atoms with Crippen molar-refractivity contribution in [3.63, 3.8) is 0 Å². The van der Waals surface area contributed by atoms with Crippen LogP contribution in [0.25, 0.3) is 6.08 Å². The number of hydrogen-bond donors (Lipinski definition) is 1. The Morgan fingerprint density at radius 3 is 2.67 bits per heavy atom. The smallest absolute Gasteiger partial charge is 0.264 e. The maximum atomic E-state index is 11.8. The van der Waals surface area contributed by atoms with Gasteiger partial charge in [-0.05, 0) is 36.8 Å². The molecule has 1 heterocycles. The lowest BCUT2D eigenvalue weighted by molar-refractivity contribution is -0.125. The van der Waals surface area contributed by atoms with Crippen LogP contribution in [-0.4, -0.2) is 24.1 Å². The zero-order chi connectivity index (χ0) is 13.0. The van der Waals surface area contributed by atoms with Gasteiger partial charge in [-0.2, -0.15) is 0 Å². The lowest BCUT2D eigenvalue weighted by Gasteiger charge is -2.13. The summed E-state index contributed by atoms with van der Waals surface area (Å²) in [7, 11) is 1.63. The average Bonchev–Trinajstić information content (AvgIpc) is 2.83. The zero-order valence-electron chi connectivity index (χ0n) is 10.5. The van der Waals surface area contributed by atoms with Crippen LogP contribution in [0.5, 0.6) is 5.75 Å². The summed E-state index contributed by atoms with van der Waals surface area (Å²) < 4.78 is 5.07. The fraction of sp³-hybridized carbons (Fsp3) is 0.214. The van der Waals surface area contributed by atoms with Gasteiger partial charge in [-0.25, -0.2) is 10.4 Å². The standard InChI is InChI=1S/C14H16N2O2/c1-11-9-10-16(15-11)14(17)8-5-12-3-6-13(18-2)7-4-12/h3-11,15H,1-2H3/b8-5+. The number of rotatable bonds is 3. The van der Waals surface area contributed by atoms with Crippen molar-refractivity contribution in [2.24, 2.45) is 0 Å². The second kappa shape index (κ2) is 5.51. The van der Waals surface area contributed by atoms with Gasteiger partial charge >= 0.3 is 0 Å². The lowest BCUT2D eigenvalue weighted by Crippen LogP contribution is -2.37. The molecule has 1 amide bonds. The van der Waals surface area contributed by atoms with Crippen molar-refractivity contribution in [3.05, 3.63) is 48.2 Å². The van der Waals surface area contributed by atoms with Crippen molar-refractivity contribution in [2.45, 2.75) is 13.0 Å². The van der Waals surface area contributed by atoms with Crippen molar-refractivity contribution in [1.29, 1.82) is 0 Å². The minimum atomic E-state index is -0.0913. The normalized spacial score (nSPS) is 18.6. The first-order chi connectivity index (χ1) is 8.69. The predicted molar refractivity (Wildman–Crippen MR) is 70.6 cm³/mol. The fourth-order valence-electron chi connectivity index (χ4n) is 1.62. The van der Waals surface area contributed by atoms with Crippen LogP contribution in [0.2, 0.25) is 0 Å². The van der Waals surface area contributed by atoms with Crippen LogP contribution in [0.4, 0.5) is 0 Å². The van der Waals surface area contributed by atoms with E-state index in [1.165, 1.54) is 11.1 Å². The topological polar surface area (TPSA) is 41.6 Å². The molecule has 0 fully saturated rings. The van der Waals surface area contributed by atoms with Gasteiger partial charge in [0.2, 0.25) is 0 Å². The van der Waals surface area contributed by atoms with Gasteiger partial charge in [-0.1, -0.05) is 12.1 Å². The molecule has 1 aromatic carbocycles. The lowest BCUT2D eigenvalue weighted by atomic mass is 10.2. The number of nitrogens with one attached hydrogen (secondary N) is 1. The highest BCUT2D eigenvalue weighted by molar-refractivity contribution is 5.92. The van der Waals surface area contributed by atoms with Crippen LogP contribution < -0.4 is 10.2 Å². The van der Waals surface area contributed by atoms with Gasteiger partial charge in [0.15, 0.2) is 0 Å². The molecule has 0 radical (unpaired) electrons. The molecule has 94 valence electrons. The van der Waals surface area contributed by atoms with E-state index in [1.807, 2.05) is 37.3 Å². The highest BCUT2D eigenvalue weighted by Gasteiger charge is 2.14. The molecule has 1 aliphatic heterocycles. The molecular formula is C14H16N2O2. The summed E-state index contributed by atoms with van der Waals surface area (Å²) >= 11 is 0. The number of ether oxygens (including phenoxy) is 1. The Labute approximate surface area is 107 Å². The summed E-state index contributed by atoms with van der Waals surface area (Å²) in [6.45, 7) is 1.98. The molecule has 2 rings (SSSR count). The molecule has 0 spiro atoms. The Morgan fingerprint density at radius 1 is 1.39 bits per heavy atom. The third kappa shape index (κ3) is 2.99. The van der Waals surface area contributed by atoms with Crippen LogP contribution in [0.15, 0.2) is 42.6 Å². The molecule has 1 N–H and O–H groups in total. The Morgan fingerprint density at radius 2 is 2.11 bits per heavy atom. The van der Waals surface area contributed by atoms with Crippen LogP contribution in [-0.2, 0) is 4.79 Å². The monoisotopic (exact) mass is 244 g/mol. The molecule has 0 saturated heterocycles. The summed E-state index contributed by atoms with van der Waals surface area (Å²) in [6, 6.07) is 7.72. The number of benzene rings is 1. The van der Waals surface area contributed by atoms with Gasteiger partial charge in [0.25, 0.3) is 5.91 Å². The van der Waals surface area contributed by atoms with Crippen LogP contribution >= 0.6 is 0 Å². The number of methoxy groups -OCH3 is 1. The van der Waals surface area contributed by atoms with Crippen molar-refractivity contribution in [3.8, 4) is 5.75 Å². The van der Waals surface area contributed by atoms with E-state index < -0.39 is 0 Å². The molecular weight excluding hydrogens is 228 g/mol. The first-order valence-electron chi connectivity index (χ1n) is 5.79. The molecule has 0 aromatic heterocycles. The second-order valence-corrected chi connectivity index (χ2v) is 4.07. The van der Waals surface area contributed by atoms with Crippen molar-refractivity contribution in [1.82, 2.24) is 10.4 Å². The quantitative estimate of drug-likeness (QED) is 0.826. The molecule has 1 unspecified atom stereocenters. The van der Waals surface area contributed by atoms with E-state index in [0.29, 0.717) is 0 Å². The van der Waals surface area contributed by atoms with E-state index in [4.69, 9.17) is 4.74 Å². The van der Waals surface area contributed by atoms with Crippen molar-refractivity contribution in [2.75, 3.05) is 7.11 Å². The summed E-state index contributed by atoms with van der Waals surface area (Å²) in [5.74, 6) is 0.711. The Kier molecular flexibility index (Phi) is 3.79. The zero-order valence-corrected chi connectivity index (χ0v) is 10.5. The minimum Gasteiger partial charge on any atom is -0.497 e. The third-order valence-corrected chi connectivity index (χ3v) is 2.64. The average molecular weight is 244 g/mol. The number of amides is 1. The first-order valence-corrected chi connectivity index (χ1v) is 5.79. The van der Waals surface area contributed by atoms with Crippen molar-refractivity contribution >= 4 is 12.0 Å². The van der Waals surface area contributed by atoms with Gasteiger partial charge in [0.1, 0.15) is 5.75 Å². The minimum absolute atomic E-state index is 0.0913. The van der Waals surface area contributed by atoms with Crippen LogP contribution in [0.3, 0.4) is 0 Å². The van der Waals surface area contributed by atoms with Gasteiger partial charge in [0.05, 0.1) is 7.11 Å². The van der Waals surface area contributed by atoms with Crippen LogP contribution in [0.1, 0.15) is 12.5 Å². The van der Waals surface area contributed by atoms with E-state index in [9.17, 15) is 4.79 Å². The van der Waals surface area contributed by atoms with E-state index in [0.717, 1.165) is 11.3 Å². The molecule has 0 bridgehead atoms. The number of hydrazine groups is 1. The van der Waals surface area contributed by atoms with Gasteiger partial charge < -0.3 is 4.74 Å². The molecule has 1 atom stereocenters. The number of carbonyl (C=O) groups excluding carboxylic acids is 1. The Balaban J connectivity index is 1.97. The summed E-state index contributed by atoms with van der Waals surface area (Å²) in [5.41, 5.74) is 3.97. The van der Waals surface area contributed by atoms with E-state index in [-0.39, 0.29) is 11.9 Å². The maximum Gasteiger partial charge on any atom is 0.264 e. The van der Waals surface area contributed by atoms with E-state index >= 15 is 0 Å². The highest BCUT2D eigenvalue weighted by atomic mass is 16.5. The van der Waals surface area contributed by atoms with E-state index in [1.54, 1.807) is 19.4 Å². The fourth-order valence-corrected chi connectivity index (χ4v) is 1.62. The second-order valence-electron chi connectivity index (χ2n) is 4.07. The highest BCUT2D eigenvalue weighted by Crippen LogP contribution is 2.12. The molecule has 4 heteroatoms. The molecule has 0 aliphatic carbocycles. The first kappa shape index (κ1) is 12.4. The number of hydrogen-bond acceptors (Lipinski definition) is 3. The molecule has 4 nitrogen and oxygen atoms in total. The Hall–Kier alpha value is -2.07. The Bertz CT molecular complexity index is 477. The summed E-state index contributed by atoms with van der Waals surface area (Å²) in [6.07, 6.45) is 6.99. The summed E-state index contributed by atoms with van der Waals surface area (Å²) in [5, 5.41) is 1.48. The SMILES string of the molecule is COc1ccc(/C=C/C(=O)N2C=CC(C)N2)cc1. The largest absolute Gasteiger partial charge is 0.497 e. The molecule has 18 heavy (non-hydrogen) atoms. The van der Waals surface area contributed by atoms with E-state index in [2.05, 4.69) is 5.43 Å². The predicted octanol–water partition coefficient (Wildman–Crippen LogP) is 1.96. The van der Waals surface area contributed by atoms with Crippen LogP contribution in [0, 0.1) is 0 Å². The maximum absolute atomic E-state index is 11.8. The molecule has 1 aromatic rings. The molecule has 1 aliphatic rings. The van der Waals surface area contributed by atoms with Crippen molar-refractivity contribution < 1.29 is 9.53 Å². The number of nitrogens with zero attached hydrogens (tertiary/aromatic N) is 1. The van der Waals surface area contributed by atoms with Gasteiger partial charge in [0, 0.05) is 18.3 Å².